The van der Waals surface area contributed by atoms with Crippen molar-refractivity contribution in [3.05, 3.63) is 16.9 Å². The van der Waals surface area contributed by atoms with E-state index < -0.39 is 12.2 Å². The lowest BCUT2D eigenvalue weighted by Crippen LogP contribution is -2.24. The maximum absolute atomic E-state index is 10.1. The SMILES string of the molecule is CC(C)n1ncc(Cl)c1C(O)C(O)C1CC1. The summed E-state index contributed by atoms with van der Waals surface area (Å²) in [5.74, 6) is 0.210. The minimum atomic E-state index is -0.940. The Balaban J connectivity index is 2.26. The summed E-state index contributed by atoms with van der Waals surface area (Å²) in [4.78, 5) is 0. The van der Waals surface area contributed by atoms with Crippen molar-refractivity contribution in [1.82, 2.24) is 9.78 Å². The Morgan fingerprint density at radius 2 is 2.06 bits per heavy atom. The van der Waals surface area contributed by atoms with E-state index in [9.17, 15) is 10.2 Å². The van der Waals surface area contributed by atoms with E-state index in [2.05, 4.69) is 5.10 Å². The molecule has 2 rings (SSSR count). The second-order valence-electron chi connectivity index (χ2n) is 4.69. The smallest absolute Gasteiger partial charge is 0.123 e. The Morgan fingerprint density at radius 3 is 2.56 bits per heavy atom. The highest BCUT2D eigenvalue weighted by molar-refractivity contribution is 6.31. The predicted octanol–water partition coefficient (Wildman–Crippen LogP) is 1.92. The van der Waals surface area contributed by atoms with Crippen LogP contribution in [-0.4, -0.2) is 26.1 Å². The van der Waals surface area contributed by atoms with Crippen LogP contribution in [0.25, 0.3) is 0 Å². The van der Waals surface area contributed by atoms with E-state index in [0.717, 1.165) is 12.8 Å². The molecule has 4 nitrogen and oxygen atoms in total. The lowest BCUT2D eigenvalue weighted by Gasteiger charge is -2.20. The van der Waals surface area contributed by atoms with Crippen LogP contribution in [0.1, 0.15) is 44.5 Å². The summed E-state index contributed by atoms with van der Waals surface area (Å²) in [5, 5.41) is 24.5. The maximum atomic E-state index is 10.1. The van der Waals surface area contributed by atoms with Gasteiger partial charge >= 0.3 is 0 Å². The molecule has 5 heteroatoms. The van der Waals surface area contributed by atoms with Gasteiger partial charge in [0.1, 0.15) is 6.10 Å². The zero-order chi connectivity index (χ0) is 11.9. The van der Waals surface area contributed by atoms with E-state index in [1.807, 2.05) is 13.8 Å². The molecule has 1 heterocycles. The van der Waals surface area contributed by atoms with E-state index in [-0.39, 0.29) is 12.0 Å². The number of aliphatic hydroxyl groups is 2. The van der Waals surface area contributed by atoms with Crippen LogP contribution in [0.15, 0.2) is 6.20 Å². The molecule has 2 unspecified atom stereocenters. The maximum Gasteiger partial charge on any atom is 0.123 e. The number of aliphatic hydroxyl groups excluding tert-OH is 2. The van der Waals surface area contributed by atoms with Crippen LogP contribution in [0.4, 0.5) is 0 Å². The molecule has 16 heavy (non-hydrogen) atoms. The number of rotatable bonds is 4. The van der Waals surface area contributed by atoms with Gasteiger partial charge in [-0.1, -0.05) is 11.6 Å². The highest BCUT2D eigenvalue weighted by Gasteiger charge is 2.37. The molecule has 1 fully saturated rings. The first-order valence-electron chi connectivity index (χ1n) is 5.61. The molecule has 2 N–H and O–H groups in total. The first-order chi connectivity index (χ1) is 7.52. The van der Waals surface area contributed by atoms with E-state index in [1.165, 1.54) is 6.20 Å². The predicted molar refractivity (Wildman–Crippen MR) is 61.3 cm³/mol. The topological polar surface area (TPSA) is 58.3 Å². The summed E-state index contributed by atoms with van der Waals surface area (Å²) < 4.78 is 1.67. The Bertz CT molecular complexity index is 374. The van der Waals surface area contributed by atoms with Gasteiger partial charge < -0.3 is 10.2 Å². The van der Waals surface area contributed by atoms with Crippen molar-refractivity contribution in [2.24, 2.45) is 5.92 Å². The summed E-state index contributed by atoms with van der Waals surface area (Å²) in [6.45, 7) is 3.92. The van der Waals surface area contributed by atoms with Gasteiger partial charge in [0.15, 0.2) is 0 Å². The van der Waals surface area contributed by atoms with Crippen molar-refractivity contribution in [2.45, 2.75) is 44.9 Å². The summed E-state index contributed by atoms with van der Waals surface area (Å²) in [5.41, 5.74) is 0.524. The minimum Gasteiger partial charge on any atom is -0.390 e. The summed E-state index contributed by atoms with van der Waals surface area (Å²) >= 11 is 6.00. The Hall–Kier alpha value is -0.580. The van der Waals surface area contributed by atoms with Gasteiger partial charge in [-0.25, -0.2) is 0 Å². The molecule has 1 saturated carbocycles. The van der Waals surface area contributed by atoms with E-state index >= 15 is 0 Å². The van der Waals surface area contributed by atoms with Crippen LogP contribution in [0, 0.1) is 5.92 Å². The standard InChI is InChI=1S/C11H17ClN2O2/c1-6(2)14-9(8(12)5-13-14)11(16)10(15)7-3-4-7/h5-7,10-11,15-16H,3-4H2,1-2H3. The third-order valence-electron chi connectivity index (χ3n) is 2.98. The normalized spacial score (nSPS) is 20.1. The fourth-order valence-corrected chi connectivity index (χ4v) is 2.14. The monoisotopic (exact) mass is 244 g/mol. The van der Waals surface area contributed by atoms with Crippen LogP contribution in [0.2, 0.25) is 5.02 Å². The number of aromatic nitrogens is 2. The molecular weight excluding hydrogens is 228 g/mol. The van der Waals surface area contributed by atoms with Gasteiger partial charge in [0.25, 0.3) is 0 Å². The van der Waals surface area contributed by atoms with Gasteiger partial charge in [-0.3, -0.25) is 4.68 Å². The summed E-state index contributed by atoms with van der Waals surface area (Å²) in [6.07, 6.45) is 1.80. The fraction of sp³-hybridized carbons (Fsp3) is 0.727. The summed E-state index contributed by atoms with van der Waals surface area (Å²) in [6, 6.07) is 0.114. The fourth-order valence-electron chi connectivity index (χ4n) is 1.90. The number of hydrogen-bond acceptors (Lipinski definition) is 3. The van der Waals surface area contributed by atoms with E-state index in [0.29, 0.717) is 10.7 Å². The molecule has 0 aliphatic heterocycles. The van der Waals surface area contributed by atoms with Crippen LogP contribution in [0.3, 0.4) is 0 Å². The van der Waals surface area contributed by atoms with E-state index in [4.69, 9.17) is 11.6 Å². The molecule has 1 aromatic heterocycles. The van der Waals surface area contributed by atoms with Gasteiger partial charge in [-0.05, 0) is 32.6 Å². The first-order valence-corrected chi connectivity index (χ1v) is 5.99. The third-order valence-corrected chi connectivity index (χ3v) is 3.28. The number of halogens is 1. The van der Waals surface area contributed by atoms with Crippen LogP contribution in [0.5, 0.6) is 0 Å². The van der Waals surface area contributed by atoms with E-state index in [1.54, 1.807) is 4.68 Å². The highest BCUT2D eigenvalue weighted by atomic mass is 35.5. The molecule has 1 aliphatic carbocycles. The van der Waals surface area contributed by atoms with Gasteiger partial charge in [0, 0.05) is 6.04 Å². The molecule has 0 spiro atoms. The van der Waals surface area contributed by atoms with Gasteiger partial charge in [0.05, 0.1) is 23.0 Å². The van der Waals surface area contributed by atoms with Crippen LogP contribution < -0.4 is 0 Å². The molecule has 1 aliphatic rings. The zero-order valence-corrected chi connectivity index (χ0v) is 10.2. The summed E-state index contributed by atoms with van der Waals surface area (Å²) in [7, 11) is 0. The quantitative estimate of drug-likeness (QED) is 0.851. The molecule has 0 bridgehead atoms. The van der Waals surface area contributed by atoms with Crippen molar-refractivity contribution in [2.75, 3.05) is 0 Å². The molecule has 0 aromatic carbocycles. The molecular formula is C11H17ClN2O2. The second-order valence-corrected chi connectivity index (χ2v) is 5.10. The van der Waals surface area contributed by atoms with Crippen molar-refractivity contribution >= 4 is 11.6 Å². The first kappa shape index (κ1) is 11.9. The lowest BCUT2D eigenvalue weighted by atomic mass is 10.1. The second kappa shape index (κ2) is 4.35. The Kier molecular flexibility index (Phi) is 3.24. The molecule has 0 amide bonds. The van der Waals surface area contributed by atoms with Crippen molar-refractivity contribution in [3.8, 4) is 0 Å². The minimum absolute atomic E-state index is 0.114. The molecule has 2 atom stereocenters. The molecule has 0 saturated heterocycles. The molecule has 1 aromatic rings. The Labute approximate surface area is 99.8 Å². The average Bonchev–Trinajstić information content (AvgIpc) is 2.99. The number of nitrogens with zero attached hydrogens (tertiary/aromatic N) is 2. The largest absolute Gasteiger partial charge is 0.390 e. The molecule has 0 radical (unpaired) electrons. The van der Waals surface area contributed by atoms with Gasteiger partial charge in [-0.15, -0.1) is 0 Å². The molecule has 90 valence electrons. The van der Waals surface area contributed by atoms with Crippen LogP contribution in [-0.2, 0) is 0 Å². The van der Waals surface area contributed by atoms with Crippen molar-refractivity contribution in [3.63, 3.8) is 0 Å². The van der Waals surface area contributed by atoms with Gasteiger partial charge in [0.2, 0.25) is 0 Å². The highest BCUT2D eigenvalue weighted by Crippen LogP contribution is 2.39. The van der Waals surface area contributed by atoms with Crippen molar-refractivity contribution < 1.29 is 10.2 Å². The third kappa shape index (κ3) is 2.10. The number of hydrogen-bond donors (Lipinski definition) is 2. The Morgan fingerprint density at radius 1 is 1.44 bits per heavy atom. The lowest BCUT2D eigenvalue weighted by molar-refractivity contribution is -0.000662. The van der Waals surface area contributed by atoms with Gasteiger partial charge in [-0.2, -0.15) is 5.10 Å². The van der Waals surface area contributed by atoms with Crippen LogP contribution >= 0.6 is 11.6 Å². The van der Waals surface area contributed by atoms with Crippen molar-refractivity contribution in [1.29, 1.82) is 0 Å². The average molecular weight is 245 g/mol. The zero-order valence-electron chi connectivity index (χ0n) is 9.47.